The van der Waals surface area contributed by atoms with E-state index in [1.807, 2.05) is 19.1 Å². The highest BCUT2D eigenvalue weighted by molar-refractivity contribution is 5.85. The molecule has 2 aromatic carbocycles. The number of halogens is 3. The Hall–Kier alpha value is -2.36. The van der Waals surface area contributed by atoms with Gasteiger partial charge in [-0.3, -0.25) is 4.79 Å². The van der Waals surface area contributed by atoms with Gasteiger partial charge in [-0.2, -0.15) is 0 Å². The number of hydrogen-bond acceptors (Lipinski definition) is 1. The van der Waals surface area contributed by atoms with Crippen LogP contribution in [-0.2, 0) is 4.79 Å². The molecule has 2 unspecified atom stereocenters. The van der Waals surface area contributed by atoms with Crippen LogP contribution in [0.5, 0.6) is 0 Å². The molecule has 0 heterocycles. The zero-order valence-electron chi connectivity index (χ0n) is 13.9. The van der Waals surface area contributed by atoms with Crippen molar-refractivity contribution in [2.45, 2.75) is 32.6 Å². The van der Waals surface area contributed by atoms with Crippen molar-refractivity contribution in [3.05, 3.63) is 82.7 Å². The van der Waals surface area contributed by atoms with Crippen molar-refractivity contribution in [3.8, 4) is 0 Å². The zero-order valence-corrected chi connectivity index (χ0v) is 13.9. The fourth-order valence-corrected chi connectivity index (χ4v) is 2.98. The number of ketones is 1. The minimum atomic E-state index is -1.01. The first-order valence-electron chi connectivity index (χ1n) is 7.59. The minimum Gasteiger partial charge on any atom is -0.299 e. The molecular formula is C20H19F3O. The molecule has 0 saturated heterocycles. The maximum absolute atomic E-state index is 14.3. The van der Waals surface area contributed by atoms with E-state index in [0.29, 0.717) is 23.3 Å². The van der Waals surface area contributed by atoms with Crippen LogP contribution in [0, 0.1) is 24.4 Å². The second-order valence-corrected chi connectivity index (χ2v) is 6.11. The Morgan fingerprint density at radius 1 is 0.958 bits per heavy atom. The number of Topliss-reactive ketones (excluding diaryl/α,β-unsaturated/α-hetero) is 1. The second kappa shape index (κ2) is 7.04. The normalized spacial score (nSPS) is 13.4. The van der Waals surface area contributed by atoms with Gasteiger partial charge in [-0.25, -0.2) is 13.2 Å². The SMILES string of the molecule is C=C(C)C(c1c(F)cc(F)cc1F)C(C(C)=O)c1ccc(C)cc1. The molecule has 2 rings (SSSR count). The molecule has 24 heavy (non-hydrogen) atoms. The number of hydrogen-bond donors (Lipinski definition) is 0. The quantitative estimate of drug-likeness (QED) is 0.666. The average Bonchev–Trinajstić information content (AvgIpc) is 2.46. The Labute approximate surface area is 139 Å². The molecule has 4 heteroatoms. The molecule has 0 fully saturated rings. The third kappa shape index (κ3) is 3.58. The van der Waals surface area contributed by atoms with E-state index in [0.717, 1.165) is 5.56 Å². The Morgan fingerprint density at radius 2 is 1.46 bits per heavy atom. The number of carbonyl (C=O) groups is 1. The van der Waals surface area contributed by atoms with Crippen LogP contribution in [-0.4, -0.2) is 5.78 Å². The Kier molecular flexibility index (Phi) is 5.27. The van der Waals surface area contributed by atoms with Crippen LogP contribution in [0.15, 0.2) is 48.6 Å². The van der Waals surface area contributed by atoms with Gasteiger partial charge < -0.3 is 0 Å². The molecule has 0 aromatic heterocycles. The van der Waals surface area contributed by atoms with Crippen LogP contribution in [0.1, 0.15) is 42.4 Å². The summed E-state index contributed by atoms with van der Waals surface area (Å²) in [7, 11) is 0. The summed E-state index contributed by atoms with van der Waals surface area (Å²) in [5, 5.41) is 0. The average molecular weight is 332 g/mol. The van der Waals surface area contributed by atoms with Crippen LogP contribution in [0.4, 0.5) is 13.2 Å². The fourth-order valence-electron chi connectivity index (χ4n) is 2.98. The van der Waals surface area contributed by atoms with Gasteiger partial charge in [0.05, 0.1) is 5.92 Å². The van der Waals surface area contributed by atoms with Crippen LogP contribution >= 0.6 is 0 Å². The van der Waals surface area contributed by atoms with Crippen LogP contribution in [0.25, 0.3) is 0 Å². The molecule has 2 atom stereocenters. The first kappa shape index (κ1) is 18.0. The number of rotatable bonds is 5. The van der Waals surface area contributed by atoms with E-state index in [-0.39, 0.29) is 11.3 Å². The zero-order chi connectivity index (χ0) is 18.0. The van der Waals surface area contributed by atoms with Gasteiger partial charge in [0, 0.05) is 23.6 Å². The molecule has 0 saturated carbocycles. The molecule has 2 aromatic rings. The van der Waals surface area contributed by atoms with Gasteiger partial charge in [-0.1, -0.05) is 42.0 Å². The summed E-state index contributed by atoms with van der Waals surface area (Å²) in [5.74, 6) is -4.97. The number of carbonyl (C=O) groups excluding carboxylic acids is 1. The highest BCUT2D eigenvalue weighted by Gasteiger charge is 2.33. The van der Waals surface area contributed by atoms with Gasteiger partial charge in [-0.15, -0.1) is 0 Å². The summed E-state index contributed by atoms with van der Waals surface area (Å²) in [6, 6.07) is 8.44. The van der Waals surface area contributed by atoms with Crippen molar-refractivity contribution in [1.82, 2.24) is 0 Å². The molecule has 0 aliphatic carbocycles. The molecule has 0 bridgehead atoms. The van der Waals surface area contributed by atoms with E-state index in [9.17, 15) is 18.0 Å². The molecule has 126 valence electrons. The van der Waals surface area contributed by atoms with E-state index in [2.05, 4.69) is 6.58 Å². The number of allylic oxidation sites excluding steroid dienone is 1. The summed E-state index contributed by atoms with van der Waals surface area (Å²) >= 11 is 0. The highest BCUT2D eigenvalue weighted by Crippen LogP contribution is 2.41. The lowest BCUT2D eigenvalue weighted by atomic mass is 9.75. The molecule has 0 aliphatic rings. The predicted molar refractivity (Wildman–Crippen MR) is 88.5 cm³/mol. The van der Waals surface area contributed by atoms with Gasteiger partial charge >= 0.3 is 0 Å². The van der Waals surface area contributed by atoms with Gasteiger partial charge in [0.15, 0.2) is 0 Å². The number of benzene rings is 2. The smallest absolute Gasteiger partial charge is 0.138 e. The minimum absolute atomic E-state index is 0.241. The largest absolute Gasteiger partial charge is 0.299 e. The molecule has 0 aliphatic heterocycles. The van der Waals surface area contributed by atoms with E-state index in [1.54, 1.807) is 19.1 Å². The predicted octanol–water partition coefficient (Wildman–Crippen LogP) is 5.44. The van der Waals surface area contributed by atoms with E-state index < -0.39 is 29.3 Å². The third-order valence-electron chi connectivity index (χ3n) is 4.09. The molecule has 0 amide bonds. The lowest BCUT2D eigenvalue weighted by molar-refractivity contribution is -0.118. The molecule has 0 spiro atoms. The summed E-state index contributed by atoms with van der Waals surface area (Å²) in [5.41, 5.74) is 1.75. The summed E-state index contributed by atoms with van der Waals surface area (Å²) in [6.45, 7) is 8.69. The Balaban J connectivity index is 2.66. The van der Waals surface area contributed by atoms with Crippen molar-refractivity contribution < 1.29 is 18.0 Å². The topological polar surface area (TPSA) is 17.1 Å². The second-order valence-electron chi connectivity index (χ2n) is 6.11. The number of aryl methyl sites for hydroxylation is 1. The molecular weight excluding hydrogens is 313 g/mol. The van der Waals surface area contributed by atoms with Crippen molar-refractivity contribution in [2.75, 3.05) is 0 Å². The van der Waals surface area contributed by atoms with Crippen LogP contribution in [0.3, 0.4) is 0 Å². The van der Waals surface area contributed by atoms with Crippen molar-refractivity contribution in [2.24, 2.45) is 0 Å². The highest BCUT2D eigenvalue weighted by atomic mass is 19.1. The summed E-state index contributed by atoms with van der Waals surface area (Å²) in [4.78, 5) is 12.3. The lowest BCUT2D eigenvalue weighted by Crippen LogP contribution is -2.21. The summed E-state index contributed by atoms with van der Waals surface area (Å²) < 4.78 is 41.8. The van der Waals surface area contributed by atoms with E-state index >= 15 is 0 Å². The standard InChI is InChI=1S/C20H19F3O/c1-11(2)18(20-16(22)9-15(21)10-17(20)23)19(13(4)24)14-7-5-12(3)6-8-14/h5-10,18-19H,1H2,2-4H3. The van der Waals surface area contributed by atoms with Crippen molar-refractivity contribution in [3.63, 3.8) is 0 Å². The van der Waals surface area contributed by atoms with Gasteiger partial charge in [0.25, 0.3) is 0 Å². The molecule has 1 nitrogen and oxygen atoms in total. The van der Waals surface area contributed by atoms with E-state index in [1.165, 1.54) is 6.92 Å². The Bertz CT molecular complexity index is 755. The first-order chi connectivity index (χ1) is 11.2. The maximum atomic E-state index is 14.3. The molecule has 0 radical (unpaired) electrons. The van der Waals surface area contributed by atoms with Gasteiger partial charge in [0.1, 0.15) is 23.2 Å². The van der Waals surface area contributed by atoms with Crippen molar-refractivity contribution in [1.29, 1.82) is 0 Å². The maximum Gasteiger partial charge on any atom is 0.138 e. The third-order valence-corrected chi connectivity index (χ3v) is 4.09. The van der Waals surface area contributed by atoms with Crippen LogP contribution in [0.2, 0.25) is 0 Å². The van der Waals surface area contributed by atoms with Gasteiger partial charge in [-0.05, 0) is 26.3 Å². The van der Waals surface area contributed by atoms with Crippen LogP contribution < -0.4 is 0 Å². The molecule has 0 N–H and O–H groups in total. The first-order valence-corrected chi connectivity index (χ1v) is 7.59. The summed E-state index contributed by atoms with van der Waals surface area (Å²) in [6.07, 6.45) is 0. The van der Waals surface area contributed by atoms with E-state index in [4.69, 9.17) is 0 Å². The lowest BCUT2D eigenvalue weighted by Gasteiger charge is -2.27. The monoisotopic (exact) mass is 332 g/mol. The fraction of sp³-hybridized carbons (Fsp3) is 0.250. The van der Waals surface area contributed by atoms with Crippen molar-refractivity contribution >= 4 is 5.78 Å². The van der Waals surface area contributed by atoms with Gasteiger partial charge in [0.2, 0.25) is 0 Å². The Morgan fingerprint density at radius 3 is 1.88 bits per heavy atom.